The molecular weight excluding hydrogens is 214 g/mol. The van der Waals surface area contributed by atoms with E-state index in [1.54, 1.807) is 0 Å². The van der Waals surface area contributed by atoms with Gasteiger partial charge in [0, 0.05) is 44.3 Å². The van der Waals surface area contributed by atoms with Gasteiger partial charge < -0.3 is 15.0 Å². The maximum Gasteiger partial charge on any atom is 0.0620 e. The van der Waals surface area contributed by atoms with E-state index in [2.05, 4.69) is 36.0 Å². The highest BCUT2D eigenvalue weighted by atomic mass is 16.5. The fraction of sp³-hybridized carbons (Fsp3) is 1.00. The summed E-state index contributed by atoms with van der Waals surface area (Å²) in [5.41, 5.74) is 0. The molecule has 4 heteroatoms. The number of hydrogen-bond donors (Lipinski definition) is 1. The summed E-state index contributed by atoms with van der Waals surface area (Å²) in [6, 6.07) is 1.87. The maximum atomic E-state index is 5.52. The number of ether oxygens (including phenoxy) is 1. The van der Waals surface area contributed by atoms with Crippen LogP contribution in [-0.2, 0) is 4.74 Å². The number of rotatable bonds is 3. The zero-order chi connectivity index (χ0) is 12.3. The molecule has 4 nitrogen and oxygen atoms in total. The molecule has 100 valence electrons. The van der Waals surface area contributed by atoms with Crippen LogP contribution in [0.1, 0.15) is 20.3 Å². The van der Waals surface area contributed by atoms with Gasteiger partial charge in [-0.25, -0.2) is 0 Å². The average Bonchev–Trinajstić information content (AvgIpc) is 2.30. The van der Waals surface area contributed by atoms with E-state index in [0.29, 0.717) is 18.1 Å². The number of hydrogen-bond acceptors (Lipinski definition) is 4. The van der Waals surface area contributed by atoms with Gasteiger partial charge in [0.05, 0.1) is 13.2 Å². The molecule has 0 aromatic rings. The SMILES string of the molecule is CC(CC1COCCN1)N1CCN(C)CC1C. The minimum atomic E-state index is 0.547. The lowest BCUT2D eigenvalue weighted by atomic mass is 10.0. The van der Waals surface area contributed by atoms with Crippen molar-refractivity contribution in [3.63, 3.8) is 0 Å². The molecule has 0 radical (unpaired) electrons. The van der Waals surface area contributed by atoms with E-state index in [0.717, 1.165) is 19.8 Å². The van der Waals surface area contributed by atoms with Gasteiger partial charge in [0.2, 0.25) is 0 Å². The Morgan fingerprint density at radius 2 is 2.24 bits per heavy atom. The number of nitrogens with one attached hydrogen (secondary N) is 1. The minimum Gasteiger partial charge on any atom is -0.379 e. The molecule has 0 aliphatic carbocycles. The summed E-state index contributed by atoms with van der Waals surface area (Å²) in [7, 11) is 2.22. The molecule has 3 unspecified atom stereocenters. The van der Waals surface area contributed by atoms with Gasteiger partial charge >= 0.3 is 0 Å². The van der Waals surface area contributed by atoms with Crippen LogP contribution in [0.5, 0.6) is 0 Å². The highest BCUT2D eigenvalue weighted by Crippen LogP contribution is 2.16. The fourth-order valence-electron chi connectivity index (χ4n) is 3.13. The summed E-state index contributed by atoms with van der Waals surface area (Å²) in [5, 5.41) is 3.55. The van der Waals surface area contributed by atoms with Crippen LogP contribution in [0.2, 0.25) is 0 Å². The smallest absolute Gasteiger partial charge is 0.0620 e. The molecule has 0 amide bonds. The Balaban J connectivity index is 1.80. The molecule has 2 fully saturated rings. The summed E-state index contributed by atoms with van der Waals surface area (Å²) in [5.74, 6) is 0. The summed E-state index contributed by atoms with van der Waals surface area (Å²) in [6.45, 7) is 11.1. The van der Waals surface area contributed by atoms with Crippen molar-refractivity contribution in [1.82, 2.24) is 15.1 Å². The number of piperazine rings is 1. The summed E-state index contributed by atoms with van der Waals surface area (Å²) in [4.78, 5) is 5.08. The van der Waals surface area contributed by atoms with Crippen molar-refractivity contribution in [3.8, 4) is 0 Å². The predicted molar refractivity (Wildman–Crippen MR) is 70.4 cm³/mol. The number of likely N-dealkylation sites (N-methyl/N-ethyl adjacent to an activating group) is 1. The van der Waals surface area contributed by atoms with E-state index < -0.39 is 0 Å². The second kappa shape index (κ2) is 6.14. The molecule has 17 heavy (non-hydrogen) atoms. The molecule has 2 aliphatic rings. The van der Waals surface area contributed by atoms with E-state index in [4.69, 9.17) is 4.74 Å². The molecule has 2 rings (SSSR count). The summed E-state index contributed by atoms with van der Waals surface area (Å²) < 4.78 is 5.52. The second-order valence-corrected chi connectivity index (χ2v) is 5.66. The van der Waals surface area contributed by atoms with Crippen LogP contribution in [0.25, 0.3) is 0 Å². The first-order valence-corrected chi connectivity index (χ1v) is 6.92. The Morgan fingerprint density at radius 3 is 2.88 bits per heavy atom. The van der Waals surface area contributed by atoms with Crippen LogP contribution in [0.15, 0.2) is 0 Å². The maximum absolute atomic E-state index is 5.52. The third-order valence-corrected chi connectivity index (χ3v) is 4.07. The van der Waals surface area contributed by atoms with Gasteiger partial charge in [-0.15, -0.1) is 0 Å². The van der Waals surface area contributed by atoms with E-state index in [-0.39, 0.29) is 0 Å². The van der Waals surface area contributed by atoms with Crippen molar-refractivity contribution >= 4 is 0 Å². The number of nitrogens with zero attached hydrogens (tertiary/aromatic N) is 2. The van der Waals surface area contributed by atoms with Crippen LogP contribution in [0, 0.1) is 0 Å². The molecule has 0 saturated carbocycles. The Hall–Kier alpha value is -0.160. The molecule has 2 heterocycles. The molecule has 0 spiro atoms. The largest absolute Gasteiger partial charge is 0.379 e. The van der Waals surface area contributed by atoms with E-state index in [9.17, 15) is 0 Å². The first-order chi connectivity index (χ1) is 8.16. The van der Waals surface area contributed by atoms with Crippen molar-refractivity contribution in [3.05, 3.63) is 0 Å². The van der Waals surface area contributed by atoms with Gasteiger partial charge in [-0.2, -0.15) is 0 Å². The topological polar surface area (TPSA) is 27.7 Å². The van der Waals surface area contributed by atoms with Crippen molar-refractivity contribution in [1.29, 1.82) is 0 Å². The van der Waals surface area contributed by atoms with Crippen molar-refractivity contribution in [2.75, 3.05) is 46.4 Å². The lowest BCUT2D eigenvalue weighted by molar-refractivity contribution is 0.0353. The van der Waals surface area contributed by atoms with Gasteiger partial charge in [0.15, 0.2) is 0 Å². The highest BCUT2D eigenvalue weighted by Gasteiger charge is 2.27. The van der Waals surface area contributed by atoms with Crippen LogP contribution < -0.4 is 5.32 Å². The molecule has 1 N–H and O–H groups in total. The third kappa shape index (κ3) is 3.65. The molecule has 2 aliphatic heterocycles. The quantitative estimate of drug-likeness (QED) is 0.773. The van der Waals surface area contributed by atoms with Gasteiger partial charge in [0.25, 0.3) is 0 Å². The van der Waals surface area contributed by atoms with Crippen LogP contribution in [0.3, 0.4) is 0 Å². The molecule has 0 aromatic carbocycles. The zero-order valence-corrected chi connectivity index (χ0v) is 11.5. The third-order valence-electron chi connectivity index (χ3n) is 4.07. The Morgan fingerprint density at radius 1 is 1.41 bits per heavy atom. The normalized spacial score (nSPS) is 34.8. The Bertz CT molecular complexity index is 231. The van der Waals surface area contributed by atoms with E-state index in [1.807, 2.05) is 0 Å². The van der Waals surface area contributed by atoms with E-state index >= 15 is 0 Å². The van der Waals surface area contributed by atoms with Gasteiger partial charge in [-0.1, -0.05) is 0 Å². The van der Waals surface area contributed by atoms with Gasteiger partial charge in [-0.3, -0.25) is 4.90 Å². The van der Waals surface area contributed by atoms with Gasteiger partial charge in [0.1, 0.15) is 0 Å². The Labute approximate surface area is 105 Å². The van der Waals surface area contributed by atoms with Crippen molar-refractivity contribution < 1.29 is 4.74 Å². The van der Waals surface area contributed by atoms with Crippen molar-refractivity contribution in [2.45, 2.75) is 38.4 Å². The summed E-state index contributed by atoms with van der Waals surface area (Å²) >= 11 is 0. The van der Waals surface area contributed by atoms with Crippen LogP contribution in [-0.4, -0.2) is 74.4 Å². The Kier molecular flexibility index (Phi) is 4.79. The molecular formula is C13H27N3O. The first-order valence-electron chi connectivity index (χ1n) is 6.92. The van der Waals surface area contributed by atoms with Crippen LogP contribution >= 0.6 is 0 Å². The van der Waals surface area contributed by atoms with Crippen LogP contribution in [0.4, 0.5) is 0 Å². The molecule has 3 atom stereocenters. The van der Waals surface area contributed by atoms with Crippen molar-refractivity contribution in [2.24, 2.45) is 0 Å². The molecule has 0 bridgehead atoms. The number of morpholine rings is 1. The lowest BCUT2D eigenvalue weighted by Gasteiger charge is -2.43. The van der Waals surface area contributed by atoms with E-state index in [1.165, 1.54) is 26.1 Å². The predicted octanol–water partition coefficient (Wildman–Crippen LogP) is 0.389. The molecule has 2 saturated heterocycles. The first kappa shape index (κ1) is 13.3. The monoisotopic (exact) mass is 241 g/mol. The zero-order valence-electron chi connectivity index (χ0n) is 11.5. The lowest BCUT2D eigenvalue weighted by Crippen LogP contribution is -2.55. The highest BCUT2D eigenvalue weighted by molar-refractivity contribution is 4.84. The second-order valence-electron chi connectivity index (χ2n) is 5.66. The molecule has 0 aromatic heterocycles. The van der Waals surface area contributed by atoms with Gasteiger partial charge in [-0.05, 0) is 27.3 Å². The fourth-order valence-corrected chi connectivity index (χ4v) is 3.13. The average molecular weight is 241 g/mol. The minimum absolute atomic E-state index is 0.547. The summed E-state index contributed by atoms with van der Waals surface area (Å²) in [6.07, 6.45) is 1.20. The standard InChI is InChI=1S/C13H27N3O/c1-11(8-13-10-17-7-4-14-13)16-6-5-15(3)9-12(16)2/h11-14H,4-10H2,1-3H3.